The van der Waals surface area contributed by atoms with Crippen LogP contribution in [-0.4, -0.2) is 73.6 Å². The molecule has 0 aliphatic carbocycles. The number of likely N-dealkylation sites (N-methyl/N-ethyl adjacent to an activating group) is 1. The molecule has 0 spiro atoms. The van der Waals surface area contributed by atoms with Crippen LogP contribution < -0.4 is 5.69 Å². The summed E-state index contributed by atoms with van der Waals surface area (Å²) in [6.07, 6.45) is 2.51. The van der Waals surface area contributed by atoms with Crippen LogP contribution in [0.2, 0.25) is 0 Å². The molecule has 1 N–H and O–H groups in total. The minimum absolute atomic E-state index is 0.0503. The average molecular weight is 389 g/mol. The maximum atomic E-state index is 12.3. The molecule has 10 heteroatoms. The standard InChI is InChI=1S/C18H23N5O5/c1-20(12-16(25)21-9-5-13(6-10-21)17(26)27)15(24)7-11-23-18(28)22-8-3-2-4-14(22)19-23/h2-4,8,13H,5-7,9-12H2,1H3,(H,26,27). The lowest BCUT2D eigenvalue weighted by Gasteiger charge is -2.31. The van der Waals surface area contributed by atoms with Gasteiger partial charge in [-0.1, -0.05) is 6.07 Å². The molecule has 28 heavy (non-hydrogen) atoms. The summed E-state index contributed by atoms with van der Waals surface area (Å²) in [6.45, 7) is 0.821. The summed E-state index contributed by atoms with van der Waals surface area (Å²) < 4.78 is 2.64. The van der Waals surface area contributed by atoms with E-state index < -0.39 is 11.9 Å². The first-order chi connectivity index (χ1) is 13.4. The van der Waals surface area contributed by atoms with E-state index >= 15 is 0 Å². The molecule has 3 heterocycles. The zero-order valence-corrected chi connectivity index (χ0v) is 15.7. The van der Waals surface area contributed by atoms with Crippen molar-refractivity contribution in [1.29, 1.82) is 0 Å². The van der Waals surface area contributed by atoms with E-state index in [1.807, 2.05) is 0 Å². The smallest absolute Gasteiger partial charge is 0.350 e. The van der Waals surface area contributed by atoms with E-state index in [1.165, 1.54) is 21.0 Å². The number of likely N-dealkylation sites (tertiary alicyclic amines) is 1. The number of hydrogen-bond acceptors (Lipinski definition) is 5. The first-order valence-electron chi connectivity index (χ1n) is 9.15. The molecule has 0 aromatic carbocycles. The Morgan fingerprint density at radius 2 is 1.96 bits per heavy atom. The van der Waals surface area contributed by atoms with Gasteiger partial charge in [0.2, 0.25) is 11.8 Å². The maximum Gasteiger partial charge on any atom is 0.350 e. The normalized spacial score (nSPS) is 15.0. The lowest BCUT2D eigenvalue weighted by Crippen LogP contribution is -2.45. The van der Waals surface area contributed by atoms with Crippen molar-refractivity contribution in [3.8, 4) is 0 Å². The van der Waals surface area contributed by atoms with E-state index in [4.69, 9.17) is 5.11 Å². The fourth-order valence-electron chi connectivity index (χ4n) is 3.27. The lowest BCUT2D eigenvalue weighted by atomic mass is 9.97. The second-order valence-corrected chi connectivity index (χ2v) is 6.93. The fraction of sp³-hybridized carbons (Fsp3) is 0.500. The largest absolute Gasteiger partial charge is 0.481 e. The number of carboxylic acids is 1. The van der Waals surface area contributed by atoms with E-state index in [-0.39, 0.29) is 37.0 Å². The molecule has 150 valence electrons. The van der Waals surface area contributed by atoms with Crippen LogP contribution >= 0.6 is 0 Å². The Hall–Kier alpha value is -3.17. The van der Waals surface area contributed by atoms with E-state index in [2.05, 4.69) is 5.10 Å². The molecule has 1 saturated heterocycles. The van der Waals surface area contributed by atoms with Crippen LogP contribution in [0, 0.1) is 5.92 Å². The van der Waals surface area contributed by atoms with Crippen LogP contribution in [-0.2, 0) is 20.9 Å². The zero-order valence-electron chi connectivity index (χ0n) is 15.7. The molecular formula is C18H23N5O5. The molecule has 0 atom stereocenters. The number of carbonyl (C=O) groups excluding carboxylic acids is 2. The first-order valence-corrected chi connectivity index (χ1v) is 9.15. The van der Waals surface area contributed by atoms with Gasteiger partial charge in [-0.2, -0.15) is 0 Å². The number of nitrogens with zero attached hydrogens (tertiary/aromatic N) is 5. The Morgan fingerprint density at radius 3 is 2.61 bits per heavy atom. The Labute approximate surface area is 161 Å². The number of piperidine rings is 1. The van der Waals surface area contributed by atoms with Gasteiger partial charge in [-0.3, -0.25) is 18.8 Å². The van der Waals surface area contributed by atoms with Crippen molar-refractivity contribution in [2.24, 2.45) is 5.92 Å². The Morgan fingerprint density at radius 1 is 1.25 bits per heavy atom. The highest BCUT2D eigenvalue weighted by Crippen LogP contribution is 2.17. The van der Waals surface area contributed by atoms with E-state index in [1.54, 1.807) is 29.3 Å². The van der Waals surface area contributed by atoms with Gasteiger partial charge in [-0.15, -0.1) is 5.10 Å². The molecule has 1 fully saturated rings. The number of carboxylic acid groups (broad SMARTS) is 1. The summed E-state index contributed by atoms with van der Waals surface area (Å²) >= 11 is 0. The van der Waals surface area contributed by atoms with Crippen molar-refractivity contribution in [2.45, 2.75) is 25.8 Å². The SMILES string of the molecule is CN(CC(=O)N1CCC(C(=O)O)CC1)C(=O)CCn1nc2ccccn2c1=O. The van der Waals surface area contributed by atoms with Crippen LogP contribution in [0.1, 0.15) is 19.3 Å². The van der Waals surface area contributed by atoms with Gasteiger partial charge in [0.25, 0.3) is 0 Å². The number of fused-ring (bicyclic) bond motifs is 1. The molecular weight excluding hydrogens is 366 g/mol. The second-order valence-electron chi connectivity index (χ2n) is 6.93. The molecule has 2 aromatic heterocycles. The number of aromatic nitrogens is 3. The second kappa shape index (κ2) is 8.24. The molecule has 0 bridgehead atoms. The number of hydrogen-bond donors (Lipinski definition) is 1. The summed E-state index contributed by atoms with van der Waals surface area (Å²) in [5.41, 5.74) is 0.191. The van der Waals surface area contributed by atoms with Gasteiger partial charge in [0.05, 0.1) is 19.0 Å². The van der Waals surface area contributed by atoms with Gasteiger partial charge < -0.3 is 14.9 Å². The minimum Gasteiger partial charge on any atom is -0.481 e. The molecule has 2 aromatic rings. The van der Waals surface area contributed by atoms with Crippen LogP contribution in [0.5, 0.6) is 0 Å². The molecule has 0 radical (unpaired) electrons. The summed E-state index contributed by atoms with van der Waals surface area (Å²) in [4.78, 5) is 50.8. The van der Waals surface area contributed by atoms with Crippen molar-refractivity contribution in [2.75, 3.05) is 26.7 Å². The average Bonchev–Trinajstić information content (AvgIpc) is 3.02. The highest BCUT2D eigenvalue weighted by molar-refractivity contribution is 5.84. The van der Waals surface area contributed by atoms with Gasteiger partial charge in [0, 0.05) is 32.8 Å². The molecule has 10 nitrogen and oxygen atoms in total. The molecule has 3 rings (SSSR count). The number of pyridine rings is 1. The highest BCUT2D eigenvalue weighted by atomic mass is 16.4. The van der Waals surface area contributed by atoms with Crippen LogP contribution in [0.25, 0.3) is 5.65 Å². The third kappa shape index (κ3) is 4.21. The molecule has 0 unspecified atom stereocenters. The van der Waals surface area contributed by atoms with Gasteiger partial charge in [-0.05, 0) is 25.0 Å². The third-order valence-corrected chi connectivity index (χ3v) is 5.02. The minimum atomic E-state index is -0.832. The van der Waals surface area contributed by atoms with E-state index in [0.717, 1.165) is 0 Å². The number of aryl methyl sites for hydroxylation is 1. The summed E-state index contributed by atoms with van der Waals surface area (Å²) in [5.74, 6) is -1.71. The van der Waals surface area contributed by atoms with Gasteiger partial charge >= 0.3 is 11.7 Å². The Balaban J connectivity index is 1.50. The predicted molar refractivity (Wildman–Crippen MR) is 98.6 cm³/mol. The number of amides is 2. The van der Waals surface area contributed by atoms with Crippen LogP contribution in [0.3, 0.4) is 0 Å². The summed E-state index contributed by atoms with van der Waals surface area (Å²) in [7, 11) is 1.54. The molecule has 1 aliphatic heterocycles. The van der Waals surface area contributed by atoms with Crippen molar-refractivity contribution < 1.29 is 19.5 Å². The predicted octanol–water partition coefficient (Wildman–Crippen LogP) is -0.332. The van der Waals surface area contributed by atoms with Crippen molar-refractivity contribution >= 4 is 23.4 Å². The molecule has 1 aliphatic rings. The fourth-order valence-corrected chi connectivity index (χ4v) is 3.27. The lowest BCUT2D eigenvalue weighted by molar-refractivity contribution is -0.146. The van der Waals surface area contributed by atoms with Crippen LogP contribution in [0.15, 0.2) is 29.2 Å². The topological polar surface area (TPSA) is 117 Å². The van der Waals surface area contributed by atoms with Gasteiger partial charge in [0.1, 0.15) is 0 Å². The maximum absolute atomic E-state index is 12.3. The van der Waals surface area contributed by atoms with Crippen LogP contribution in [0.4, 0.5) is 0 Å². The van der Waals surface area contributed by atoms with Gasteiger partial charge in [-0.25, -0.2) is 9.48 Å². The van der Waals surface area contributed by atoms with Crippen molar-refractivity contribution in [3.05, 3.63) is 34.9 Å². The monoisotopic (exact) mass is 389 g/mol. The van der Waals surface area contributed by atoms with Crippen molar-refractivity contribution in [3.63, 3.8) is 0 Å². The summed E-state index contributed by atoms with van der Waals surface area (Å²) in [5, 5.41) is 13.2. The number of rotatable bonds is 6. The zero-order chi connectivity index (χ0) is 20.3. The quantitative estimate of drug-likeness (QED) is 0.723. The van der Waals surface area contributed by atoms with Gasteiger partial charge in [0.15, 0.2) is 5.65 Å². The van der Waals surface area contributed by atoms with E-state index in [9.17, 15) is 19.2 Å². The first kappa shape index (κ1) is 19.6. The third-order valence-electron chi connectivity index (χ3n) is 5.02. The molecule has 0 saturated carbocycles. The number of aliphatic carboxylic acids is 1. The Kier molecular flexibility index (Phi) is 5.76. The molecule has 2 amide bonds. The number of carbonyl (C=O) groups is 3. The van der Waals surface area contributed by atoms with E-state index in [0.29, 0.717) is 31.6 Å². The van der Waals surface area contributed by atoms with Crippen molar-refractivity contribution in [1.82, 2.24) is 24.0 Å². The Bertz CT molecular complexity index is 941. The summed E-state index contributed by atoms with van der Waals surface area (Å²) in [6, 6.07) is 5.21. The highest BCUT2D eigenvalue weighted by Gasteiger charge is 2.27.